The number of H-pyrrole nitrogens is 1. The van der Waals surface area contributed by atoms with Crippen molar-refractivity contribution < 1.29 is 13.2 Å². The molecule has 2 nitrogen and oxygen atoms in total. The lowest BCUT2D eigenvalue weighted by Crippen LogP contribution is -2.20. The Balaban J connectivity index is 1.93. The van der Waals surface area contributed by atoms with Gasteiger partial charge in [0.25, 0.3) is 0 Å². The second kappa shape index (κ2) is 5.41. The first-order chi connectivity index (χ1) is 11.6. The fourth-order valence-corrected chi connectivity index (χ4v) is 3.47. The average molecular weight is 326 g/mol. The third-order valence-electron chi connectivity index (χ3n) is 4.73. The number of hydrogen-bond donors (Lipinski definition) is 1. The van der Waals surface area contributed by atoms with Crippen molar-refractivity contribution in [2.24, 2.45) is 5.92 Å². The van der Waals surface area contributed by atoms with Gasteiger partial charge in [0.05, 0.1) is 17.3 Å². The second-order valence-corrected chi connectivity index (χ2v) is 6.23. The van der Waals surface area contributed by atoms with E-state index in [-0.39, 0.29) is 23.2 Å². The molecule has 3 aromatic rings. The van der Waals surface area contributed by atoms with Crippen LogP contribution in [-0.2, 0) is 0 Å². The number of benzene rings is 2. The Kier molecular flexibility index (Phi) is 3.34. The fourth-order valence-electron chi connectivity index (χ4n) is 3.47. The van der Waals surface area contributed by atoms with Crippen molar-refractivity contribution in [3.8, 4) is 17.3 Å². The van der Waals surface area contributed by atoms with E-state index in [0.717, 1.165) is 11.6 Å². The van der Waals surface area contributed by atoms with E-state index in [4.69, 9.17) is 5.26 Å². The van der Waals surface area contributed by atoms with Crippen molar-refractivity contribution in [1.29, 1.82) is 5.26 Å². The monoisotopic (exact) mass is 326 g/mol. The van der Waals surface area contributed by atoms with E-state index in [1.807, 2.05) is 0 Å². The SMILES string of the molecule is N#C[C@H]1C[C@@H](c2c(-c3ccc(F)cc3)[nH]c3c(F)cc(F)cc32)C1. The van der Waals surface area contributed by atoms with Crippen LogP contribution in [0.3, 0.4) is 0 Å². The smallest absolute Gasteiger partial charge is 0.150 e. The molecule has 0 amide bonds. The van der Waals surface area contributed by atoms with Gasteiger partial charge in [-0.15, -0.1) is 0 Å². The molecular formula is C19H13F3N2. The van der Waals surface area contributed by atoms with Crippen molar-refractivity contribution >= 4 is 10.9 Å². The minimum Gasteiger partial charge on any atom is -0.352 e. The molecule has 1 heterocycles. The van der Waals surface area contributed by atoms with E-state index >= 15 is 0 Å². The maximum Gasteiger partial charge on any atom is 0.150 e. The summed E-state index contributed by atoms with van der Waals surface area (Å²) in [5.41, 5.74) is 2.42. The van der Waals surface area contributed by atoms with Gasteiger partial charge in [-0.2, -0.15) is 5.26 Å². The van der Waals surface area contributed by atoms with E-state index in [2.05, 4.69) is 11.1 Å². The first-order valence-corrected chi connectivity index (χ1v) is 7.73. The summed E-state index contributed by atoms with van der Waals surface area (Å²) in [5, 5.41) is 9.49. The number of hydrogen-bond acceptors (Lipinski definition) is 1. The molecule has 1 aromatic heterocycles. The summed E-state index contributed by atoms with van der Waals surface area (Å²) in [6, 6.07) is 10.3. The number of fused-ring (bicyclic) bond motifs is 1. The van der Waals surface area contributed by atoms with E-state index < -0.39 is 11.6 Å². The molecule has 1 aliphatic carbocycles. The highest BCUT2D eigenvalue weighted by molar-refractivity contribution is 5.92. The molecular weight excluding hydrogens is 313 g/mol. The molecule has 1 saturated carbocycles. The Morgan fingerprint density at radius 1 is 1.00 bits per heavy atom. The Labute approximate surface area is 136 Å². The molecule has 1 N–H and O–H groups in total. The average Bonchev–Trinajstić information content (AvgIpc) is 2.87. The van der Waals surface area contributed by atoms with Crippen molar-refractivity contribution in [3.05, 3.63) is 59.4 Å². The Morgan fingerprint density at radius 3 is 2.38 bits per heavy atom. The summed E-state index contributed by atoms with van der Waals surface area (Å²) in [6.07, 6.45) is 1.32. The quantitative estimate of drug-likeness (QED) is 0.684. The zero-order valence-corrected chi connectivity index (χ0v) is 12.6. The number of nitrogens with zero attached hydrogens (tertiary/aromatic N) is 1. The minimum atomic E-state index is -0.657. The van der Waals surface area contributed by atoms with E-state index in [0.29, 0.717) is 29.5 Å². The number of nitriles is 1. The molecule has 0 bridgehead atoms. The van der Waals surface area contributed by atoms with Crippen molar-refractivity contribution in [1.82, 2.24) is 4.98 Å². The van der Waals surface area contributed by atoms with Crippen LogP contribution in [0.4, 0.5) is 13.2 Å². The number of halogens is 3. The predicted octanol–water partition coefficient (Wildman–Crippen LogP) is 5.27. The van der Waals surface area contributed by atoms with Crippen molar-refractivity contribution in [2.45, 2.75) is 18.8 Å². The molecule has 0 radical (unpaired) electrons. The largest absolute Gasteiger partial charge is 0.352 e. The van der Waals surface area contributed by atoms with Gasteiger partial charge in [0.15, 0.2) is 0 Å². The molecule has 0 unspecified atom stereocenters. The van der Waals surface area contributed by atoms with Crippen LogP contribution in [-0.4, -0.2) is 4.98 Å². The Bertz CT molecular complexity index is 961. The highest BCUT2D eigenvalue weighted by atomic mass is 19.1. The zero-order valence-electron chi connectivity index (χ0n) is 12.6. The van der Waals surface area contributed by atoms with Crippen LogP contribution in [0.2, 0.25) is 0 Å². The van der Waals surface area contributed by atoms with Crippen LogP contribution in [0.15, 0.2) is 36.4 Å². The van der Waals surface area contributed by atoms with Gasteiger partial charge >= 0.3 is 0 Å². The molecule has 0 spiro atoms. The fraction of sp³-hybridized carbons (Fsp3) is 0.211. The highest BCUT2D eigenvalue weighted by Crippen LogP contribution is 2.48. The summed E-state index contributed by atoms with van der Waals surface area (Å²) in [7, 11) is 0. The second-order valence-electron chi connectivity index (χ2n) is 6.23. The van der Waals surface area contributed by atoms with Crippen LogP contribution in [0, 0.1) is 34.7 Å². The van der Waals surface area contributed by atoms with Gasteiger partial charge in [-0.05, 0) is 60.2 Å². The summed E-state index contributed by atoms with van der Waals surface area (Å²) in [5.74, 6) is -1.62. The molecule has 1 aliphatic rings. The van der Waals surface area contributed by atoms with Gasteiger partial charge in [-0.3, -0.25) is 0 Å². The first-order valence-electron chi connectivity index (χ1n) is 7.73. The maximum absolute atomic E-state index is 14.2. The molecule has 5 heteroatoms. The minimum absolute atomic E-state index is 0.0283. The van der Waals surface area contributed by atoms with Crippen LogP contribution in [0.25, 0.3) is 22.2 Å². The number of aromatic amines is 1. The van der Waals surface area contributed by atoms with Gasteiger partial charge in [0.1, 0.15) is 17.5 Å². The Hall–Kier alpha value is -2.74. The first kappa shape index (κ1) is 14.8. The molecule has 0 atom stereocenters. The molecule has 120 valence electrons. The number of aromatic nitrogens is 1. The van der Waals surface area contributed by atoms with E-state index in [9.17, 15) is 13.2 Å². The molecule has 0 aliphatic heterocycles. The number of nitrogens with one attached hydrogen (secondary N) is 1. The van der Waals surface area contributed by atoms with Gasteiger partial charge in [0.2, 0.25) is 0 Å². The van der Waals surface area contributed by atoms with Crippen molar-refractivity contribution in [2.75, 3.05) is 0 Å². The zero-order chi connectivity index (χ0) is 16.8. The summed E-state index contributed by atoms with van der Waals surface area (Å²) < 4.78 is 41.1. The summed E-state index contributed by atoms with van der Waals surface area (Å²) in [4.78, 5) is 3.03. The topological polar surface area (TPSA) is 39.6 Å². The lowest BCUT2D eigenvalue weighted by Gasteiger charge is -2.31. The summed E-state index contributed by atoms with van der Waals surface area (Å²) in [6.45, 7) is 0. The Morgan fingerprint density at radius 2 is 1.71 bits per heavy atom. The van der Waals surface area contributed by atoms with Crippen LogP contribution in [0.1, 0.15) is 24.3 Å². The van der Waals surface area contributed by atoms with Crippen LogP contribution >= 0.6 is 0 Å². The molecule has 0 saturated heterocycles. The number of rotatable bonds is 2. The van der Waals surface area contributed by atoms with Crippen LogP contribution < -0.4 is 0 Å². The van der Waals surface area contributed by atoms with Gasteiger partial charge in [-0.25, -0.2) is 13.2 Å². The van der Waals surface area contributed by atoms with Crippen LogP contribution in [0.5, 0.6) is 0 Å². The van der Waals surface area contributed by atoms with Gasteiger partial charge in [0, 0.05) is 17.4 Å². The molecule has 1 fully saturated rings. The lowest BCUT2D eigenvalue weighted by molar-refractivity contribution is 0.334. The molecule has 4 rings (SSSR count). The van der Waals surface area contributed by atoms with Gasteiger partial charge in [-0.1, -0.05) is 0 Å². The summed E-state index contributed by atoms with van der Waals surface area (Å²) >= 11 is 0. The lowest BCUT2D eigenvalue weighted by atomic mass is 9.71. The molecule has 24 heavy (non-hydrogen) atoms. The highest BCUT2D eigenvalue weighted by Gasteiger charge is 2.34. The maximum atomic E-state index is 14.2. The third-order valence-corrected chi connectivity index (χ3v) is 4.73. The van der Waals surface area contributed by atoms with E-state index in [1.54, 1.807) is 12.1 Å². The van der Waals surface area contributed by atoms with E-state index in [1.165, 1.54) is 18.2 Å². The predicted molar refractivity (Wildman–Crippen MR) is 84.7 cm³/mol. The normalized spacial score (nSPS) is 19.9. The third kappa shape index (κ3) is 2.26. The van der Waals surface area contributed by atoms with Crippen molar-refractivity contribution in [3.63, 3.8) is 0 Å². The molecule has 2 aromatic carbocycles. The van der Waals surface area contributed by atoms with Gasteiger partial charge < -0.3 is 4.98 Å². The standard InChI is InChI=1S/C19H13F3N2/c20-13-3-1-11(2-4-13)18-17(12-5-10(6-12)9-23)15-7-14(21)8-16(22)19(15)24-18/h1-4,7-8,10,12,24H,5-6H2/t10-,12+.